The molecule has 1 atom stereocenters. The van der Waals surface area contributed by atoms with Crippen LogP contribution in [-0.4, -0.2) is 15.3 Å². The molecule has 0 fully saturated rings. The van der Waals surface area contributed by atoms with Gasteiger partial charge in [-0.15, -0.1) is 11.8 Å². The standard InChI is InChI=1S/C11H17NOS/c1-4-11(13)10-6-5-9(7-12-10)14-8(2)3/h5-8,11,13H,4H2,1-3H3/t11-/m0/s1. The molecule has 0 radical (unpaired) electrons. The zero-order chi connectivity index (χ0) is 10.6. The van der Waals surface area contributed by atoms with Gasteiger partial charge in [-0.3, -0.25) is 4.98 Å². The van der Waals surface area contributed by atoms with Gasteiger partial charge in [0.15, 0.2) is 0 Å². The smallest absolute Gasteiger partial charge is 0.0957 e. The zero-order valence-electron chi connectivity index (χ0n) is 8.90. The maximum absolute atomic E-state index is 9.53. The van der Waals surface area contributed by atoms with Crippen molar-refractivity contribution in [1.29, 1.82) is 0 Å². The molecule has 78 valence electrons. The second-order valence-electron chi connectivity index (χ2n) is 3.51. The van der Waals surface area contributed by atoms with Gasteiger partial charge < -0.3 is 5.11 Å². The molecule has 1 rings (SSSR count). The fourth-order valence-electron chi connectivity index (χ4n) is 1.14. The van der Waals surface area contributed by atoms with Crippen molar-refractivity contribution in [2.45, 2.75) is 43.4 Å². The van der Waals surface area contributed by atoms with Crippen LogP contribution in [0.15, 0.2) is 23.2 Å². The van der Waals surface area contributed by atoms with Gasteiger partial charge in [-0.2, -0.15) is 0 Å². The molecular weight excluding hydrogens is 194 g/mol. The van der Waals surface area contributed by atoms with Gasteiger partial charge in [0.25, 0.3) is 0 Å². The first-order valence-corrected chi connectivity index (χ1v) is 5.82. The van der Waals surface area contributed by atoms with Crippen LogP contribution in [0.3, 0.4) is 0 Å². The molecule has 1 N–H and O–H groups in total. The van der Waals surface area contributed by atoms with Crippen LogP contribution in [0.5, 0.6) is 0 Å². The highest BCUT2D eigenvalue weighted by atomic mass is 32.2. The largest absolute Gasteiger partial charge is 0.387 e. The molecule has 3 heteroatoms. The normalized spacial score (nSPS) is 13.2. The molecule has 2 nitrogen and oxygen atoms in total. The average molecular weight is 211 g/mol. The topological polar surface area (TPSA) is 33.1 Å². The lowest BCUT2D eigenvalue weighted by molar-refractivity contribution is 0.169. The Kier molecular flexibility index (Phi) is 4.42. The number of aliphatic hydroxyl groups excluding tert-OH is 1. The van der Waals surface area contributed by atoms with Gasteiger partial charge in [0.1, 0.15) is 0 Å². The number of hydrogen-bond acceptors (Lipinski definition) is 3. The van der Waals surface area contributed by atoms with E-state index in [-0.39, 0.29) is 0 Å². The summed E-state index contributed by atoms with van der Waals surface area (Å²) >= 11 is 1.78. The lowest BCUT2D eigenvalue weighted by Gasteiger charge is -2.08. The molecule has 0 amide bonds. The molecule has 0 aromatic carbocycles. The Morgan fingerprint density at radius 1 is 1.43 bits per heavy atom. The Bertz CT molecular complexity index is 271. The van der Waals surface area contributed by atoms with E-state index in [4.69, 9.17) is 0 Å². The summed E-state index contributed by atoms with van der Waals surface area (Å²) in [6.07, 6.45) is 2.12. The number of nitrogens with zero attached hydrogens (tertiary/aromatic N) is 1. The third-order valence-electron chi connectivity index (χ3n) is 1.86. The molecule has 1 heterocycles. The van der Waals surface area contributed by atoms with Crippen molar-refractivity contribution in [3.05, 3.63) is 24.0 Å². The Morgan fingerprint density at radius 3 is 2.57 bits per heavy atom. The molecule has 0 bridgehead atoms. The van der Waals surface area contributed by atoms with E-state index in [1.807, 2.05) is 25.3 Å². The van der Waals surface area contributed by atoms with Gasteiger partial charge in [-0.25, -0.2) is 0 Å². The summed E-state index contributed by atoms with van der Waals surface area (Å²) < 4.78 is 0. The van der Waals surface area contributed by atoms with Gasteiger partial charge in [-0.05, 0) is 18.6 Å². The van der Waals surface area contributed by atoms with Crippen molar-refractivity contribution in [2.75, 3.05) is 0 Å². The van der Waals surface area contributed by atoms with Gasteiger partial charge in [-0.1, -0.05) is 20.8 Å². The van der Waals surface area contributed by atoms with E-state index >= 15 is 0 Å². The van der Waals surface area contributed by atoms with E-state index in [0.29, 0.717) is 11.7 Å². The summed E-state index contributed by atoms with van der Waals surface area (Å²) in [5, 5.41) is 10.1. The molecule has 0 saturated carbocycles. The minimum absolute atomic E-state index is 0.423. The Morgan fingerprint density at radius 2 is 2.14 bits per heavy atom. The van der Waals surface area contributed by atoms with Crippen molar-refractivity contribution in [3.63, 3.8) is 0 Å². The highest BCUT2D eigenvalue weighted by Crippen LogP contribution is 2.23. The lowest BCUT2D eigenvalue weighted by atomic mass is 10.2. The molecule has 0 aliphatic rings. The van der Waals surface area contributed by atoms with Crippen LogP contribution in [0.1, 0.15) is 39.0 Å². The Balaban J connectivity index is 2.68. The van der Waals surface area contributed by atoms with Crippen molar-refractivity contribution in [1.82, 2.24) is 4.98 Å². The van der Waals surface area contributed by atoms with Crippen molar-refractivity contribution < 1.29 is 5.11 Å². The first kappa shape index (κ1) is 11.5. The van der Waals surface area contributed by atoms with E-state index < -0.39 is 6.10 Å². The van der Waals surface area contributed by atoms with Crippen LogP contribution in [0.25, 0.3) is 0 Å². The quantitative estimate of drug-likeness (QED) is 0.777. The van der Waals surface area contributed by atoms with Gasteiger partial charge in [0.05, 0.1) is 11.8 Å². The highest BCUT2D eigenvalue weighted by molar-refractivity contribution is 7.99. The molecule has 1 aromatic rings. The maximum Gasteiger partial charge on any atom is 0.0957 e. The van der Waals surface area contributed by atoms with E-state index in [0.717, 1.165) is 10.6 Å². The fourth-order valence-corrected chi connectivity index (χ4v) is 1.94. The molecule has 0 spiro atoms. The first-order chi connectivity index (χ1) is 6.63. The summed E-state index contributed by atoms with van der Waals surface area (Å²) in [5.41, 5.74) is 0.764. The number of aromatic nitrogens is 1. The van der Waals surface area contributed by atoms with E-state index in [1.165, 1.54) is 0 Å². The highest BCUT2D eigenvalue weighted by Gasteiger charge is 2.06. The molecule has 0 aliphatic heterocycles. The van der Waals surface area contributed by atoms with Crippen LogP contribution in [0.2, 0.25) is 0 Å². The minimum atomic E-state index is -0.423. The predicted molar refractivity (Wildman–Crippen MR) is 60.5 cm³/mol. The predicted octanol–water partition coefficient (Wildman–Crippen LogP) is 3.03. The number of rotatable bonds is 4. The Labute approximate surface area is 89.8 Å². The number of hydrogen-bond donors (Lipinski definition) is 1. The van der Waals surface area contributed by atoms with E-state index in [1.54, 1.807) is 11.8 Å². The van der Waals surface area contributed by atoms with Crippen LogP contribution < -0.4 is 0 Å². The van der Waals surface area contributed by atoms with Crippen molar-refractivity contribution in [3.8, 4) is 0 Å². The lowest BCUT2D eigenvalue weighted by Crippen LogP contribution is -1.98. The van der Waals surface area contributed by atoms with Gasteiger partial charge in [0, 0.05) is 16.3 Å². The van der Waals surface area contributed by atoms with Crippen LogP contribution >= 0.6 is 11.8 Å². The third kappa shape index (κ3) is 3.31. The zero-order valence-corrected chi connectivity index (χ0v) is 9.71. The molecule has 0 aliphatic carbocycles. The number of aliphatic hydroxyl groups is 1. The minimum Gasteiger partial charge on any atom is -0.387 e. The molecular formula is C11H17NOS. The fraction of sp³-hybridized carbons (Fsp3) is 0.545. The second-order valence-corrected chi connectivity index (χ2v) is 5.16. The third-order valence-corrected chi connectivity index (χ3v) is 2.84. The maximum atomic E-state index is 9.53. The summed E-state index contributed by atoms with van der Waals surface area (Å²) in [5.74, 6) is 0. The number of pyridine rings is 1. The molecule has 0 unspecified atom stereocenters. The molecule has 1 aromatic heterocycles. The number of thioether (sulfide) groups is 1. The molecule has 14 heavy (non-hydrogen) atoms. The monoisotopic (exact) mass is 211 g/mol. The first-order valence-electron chi connectivity index (χ1n) is 4.94. The summed E-state index contributed by atoms with van der Waals surface area (Å²) in [7, 11) is 0. The van der Waals surface area contributed by atoms with E-state index in [2.05, 4.69) is 18.8 Å². The van der Waals surface area contributed by atoms with Crippen molar-refractivity contribution in [2.24, 2.45) is 0 Å². The van der Waals surface area contributed by atoms with Crippen LogP contribution in [-0.2, 0) is 0 Å². The second kappa shape index (κ2) is 5.37. The van der Waals surface area contributed by atoms with E-state index in [9.17, 15) is 5.11 Å². The SMILES string of the molecule is CC[C@H](O)c1ccc(SC(C)C)cn1. The van der Waals surface area contributed by atoms with Crippen LogP contribution in [0, 0.1) is 0 Å². The summed E-state index contributed by atoms with van der Waals surface area (Å²) in [4.78, 5) is 5.39. The van der Waals surface area contributed by atoms with Gasteiger partial charge >= 0.3 is 0 Å². The molecule has 0 saturated heterocycles. The van der Waals surface area contributed by atoms with Gasteiger partial charge in [0.2, 0.25) is 0 Å². The summed E-state index contributed by atoms with van der Waals surface area (Å²) in [6.45, 7) is 6.25. The Hall–Kier alpha value is -0.540. The van der Waals surface area contributed by atoms with Crippen LogP contribution in [0.4, 0.5) is 0 Å². The average Bonchev–Trinajstić information content (AvgIpc) is 2.17. The summed E-state index contributed by atoms with van der Waals surface area (Å²) in [6, 6.07) is 3.92. The van der Waals surface area contributed by atoms with Crippen molar-refractivity contribution >= 4 is 11.8 Å².